The topological polar surface area (TPSA) is 73.5 Å². The van der Waals surface area contributed by atoms with Crippen molar-refractivity contribution in [3.8, 4) is 0 Å². The summed E-state index contributed by atoms with van der Waals surface area (Å²) in [7, 11) is 0. The first-order valence-corrected chi connectivity index (χ1v) is 8.95. The molecule has 4 aromatic rings. The molecule has 0 aliphatic carbocycles. The van der Waals surface area contributed by atoms with E-state index in [1.165, 1.54) is 12.1 Å². The highest BCUT2D eigenvalue weighted by Gasteiger charge is 2.33. The molecule has 1 atom stereocenters. The van der Waals surface area contributed by atoms with Crippen LogP contribution in [0.4, 0.5) is 4.39 Å². The monoisotopic (exact) mass is 354 g/mol. The SMILES string of the molecule is Fc1ccc2nc([C@@H]3c4nc[nH]c4CCN3Cc3nccs3)[nH]c2c1. The van der Waals surface area contributed by atoms with Gasteiger partial charge in [-0.15, -0.1) is 11.3 Å². The van der Waals surface area contributed by atoms with Gasteiger partial charge in [-0.1, -0.05) is 0 Å². The zero-order valence-electron chi connectivity index (χ0n) is 13.2. The molecule has 1 aliphatic rings. The molecular formula is C17H15FN6S. The van der Waals surface area contributed by atoms with Gasteiger partial charge < -0.3 is 9.97 Å². The first kappa shape index (κ1) is 14.7. The van der Waals surface area contributed by atoms with Crippen LogP contribution in [0.25, 0.3) is 11.0 Å². The summed E-state index contributed by atoms with van der Waals surface area (Å²) in [6.45, 7) is 1.62. The van der Waals surface area contributed by atoms with Gasteiger partial charge in [0.2, 0.25) is 0 Å². The zero-order valence-corrected chi connectivity index (χ0v) is 14.1. The predicted molar refractivity (Wildman–Crippen MR) is 92.7 cm³/mol. The van der Waals surface area contributed by atoms with Gasteiger partial charge in [0.1, 0.15) is 22.7 Å². The number of aromatic amines is 2. The molecule has 25 heavy (non-hydrogen) atoms. The Kier molecular flexibility index (Phi) is 3.39. The van der Waals surface area contributed by atoms with E-state index < -0.39 is 0 Å². The van der Waals surface area contributed by atoms with Gasteiger partial charge in [-0.05, 0) is 18.2 Å². The second-order valence-corrected chi connectivity index (χ2v) is 7.08. The minimum atomic E-state index is -0.272. The summed E-state index contributed by atoms with van der Waals surface area (Å²) in [5.74, 6) is 0.511. The summed E-state index contributed by atoms with van der Waals surface area (Å²) in [6, 6.07) is 4.51. The molecule has 1 aromatic carbocycles. The molecule has 0 amide bonds. The second kappa shape index (κ2) is 5.75. The van der Waals surface area contributed by atoms with Crippen LogP contribution in [-0.4, -0.2) is 36.4 Å². The molecule has 0 fully saturated rings. The lowest BCUT2D eigenvalue weighted by Crippen LogP contribution is -2.36. The van der Waals surface area contributed by atoms with Crippen LogP contribution in [-0.2, 0) is 13.0 Å². The Bertz CT molecular complexity index is 1020. The second-order valence-electron chi connectivity index (χ2n) is 6.10. The van der Waals surface area contributed by atoms with E-state index >= 15 is 0 Å². The van der Waals surface area contributed by atoms with Crippen LogP contribution in [0, 0.1) is 5.82 Å². The third-order valence-corrected chi connectivity index (χ3v) is 5.33. The van der Waals surface area contributed by atoms with Crippen LogP contribution < -0.4 is 0 Å². The lowest BCUT2D eigenvalue weighted by molar-refractivity contribution is 0.194. The molecule has 0 radical (unpaired) electrons. The number of aromatic nitrogens is 5. The summed E-state index contributed by atoms with van der Waals surface area (Å²) in [4.78, 5) is 22.5. The Hall–Kier alpha value is -2.58. The Balaban J connectivity index is 1.60. The van der Waals surface area contributed by atoms with Crippen LogP contribution in [0.1, 0.15) is 28.3 Å². The third kappa shape index (κ3) is 2.54. The first-order valence-electron chi connectivity index (χ1n) is 8.07. The number of benzene rings is 1. The molecule has 126 valence electrons. The van der Waals surface area contributed by atoms with Gasteiger partial charge in [0.15, 0.2) is 0 Å². The van der Waals surface area contributed by atoms with Crippen molar-refractivity contribution in [1.29, 1.82) is 0 Å². The van der Waals surface area contributed by atoms with Gasteiger partial charge >= 0.3 is 0 Å². The zero-order chi connectivity index (χ0) is 16.8. The highest BCUT2D eigenvalue weighted by molar-refractivity contribution is 7.09. The molecule has 4 heterocycles. The molecule has 8 heteroatoms. The Morgan fingerprint density at radius 1 is 1.32 bits per heavy atom. The van der Waals surface area contributed by atoms with E-state index in [1.54, 1.807) is 23.7 Å². The lowest BCUT2D eigenvalue weighted by atomic mass is 10.0. The number of H-pyrrole nitrogens is 2. The molecule has 0 bridgehead atoms. The molecule has 5 rings (SSSR count). The van der Waals surface area contributed by atoms with E-state index in [2.05, 4.69) is 24.8 Å². The molecule has 1 aliphatic heterocycles. The summed E-state index contributed by atoms with van der Waals surface area (Å²) in [5, 5.41) is 3.05. The van der Waals surface area contributed by atoms with Gasteiger partial charge in [-0.25, -0.2) is 19.3 Å². The Labute approximate surface area is 146 Å². The van der Waals surface area contributed by atoms with Gasteiger partial charge in [0.25, 0.3) is 0 Å². The number of nitrogens with one attached hydrogen (secondary N) is 2. The molecule has 0 unspecified atom stereocenters. The largest absolute Gasteiger partial charge is 0.348 e. The minimum absolute atomic E-state index is 0.102. The van der Waals surface area contributed by atoms with Gasteiger partial charge in [-0.2, -0.15) is 0 Å². The van der Waals surface area contributed by atoms with Crippen LogP contribution in [0.2, 0.25) is 0 Å². The maximum absolute atomic E-state index is 13.5. The van der Waals surface area contributed by atoms with Crippen LogP contribution in [0.3, 0.4) is 0 Å². The highest BCUT2D eigenvalue weighted by Crippen LogP contribution is 2.34. The number of thiazole rings is 1. The summed E-state index contributed by atoms with van der Waals surface area (Å²) >= 11 is 1.64. The molecular weight excluding hydrogens is 339 g/mol. The average Bonchev–Trinajstić information content (AvgIpc) is 3.34. The fourth-order valence-electron chi connectivity index (χ4n) is 3.43. The van der Waals surface area contributed by atoms with Crippen molar-refractivity contribution in [2.75, 3.05) is 6.54 Å². The Morgan fingerprint density at radius 2 is 2.28 bits per heavy atom. The van der Waals surface area contributed by atoms with Crippen molar-refractivity contribution in [3.63, 3.8) is 0 Å². The van der Waals surface area contributed by atoms with E-state index in [1.807, 2.05) is 11.6 Å². The summed E-state index contributed by atoms with van der Waals surface area (Å²) in [5.41, 5.74) is 3.56. The van der Waals surface area contributed by atoms with Gasteiger partial charge in [0.05, 0.1) is 29.6 Å². The number of hydrogen-bond acceptors (Lipinski definition) is 5. The van der Waals surface area contributed by atoms with E-state index in [4.69, 9.17) is 4.98 Å². The fourth-order valence-corrected chi connectivity index (χ4v) is 4.07. The quantitative estimate of drug-likeness (QED) is 0.593. The summed E-state index contributed by atoms with van der Waals surface area (Å²) < 4.78 is 13.5. The van der Waals surface area contributed by atoms with E-state index in [0.29, 0.717) is 5.52 Å². The summed E-state index contributed by atoms with van der Waals surface area (Å²) in [6.07, 6.45) is 4.46. The molecule has 6 nitrogen and oxygen atoms in total. The fraction of sp³-hybridized carbons (Fsp3) is 0.235. The smallest absolute Gasteiger partial charge is 0.130 e. The minimum Gasteiger partial charge on any atom is -0.348 e. The van der Waals surface area contributed by atoms with Crippen molar-refractivity contribution in [2.24, 2.45) is 0 Å². The number of halogens is 1. The standard InChI is InChI=1S/C17H15FN6S/c18-10-1-2-11-13(7-10)23-17(22-11)16-15-12(20-9-21-15)3-5-24(16)8-14-19-4-6-25-14/h1-2,4,6-7,9,16H,3,5,8H2,(H,20,21)(H,22,23)/t16-/m0/s1. The Morgan fingerprint density at radius 3 is 3.16 bits per heavy atom. The third-order valence-electron chi connectivity index (χ3n) is 4.57. The number of imidazole rings is 2. The molecule has 0 saturated carbocycles. The molecule has 0 spiro atoms. The van der Waals surface area contributed by atoms with Crippen molar-refractivity contribution in [1.82, 2.24) is 29.8 Å². The number of rotatable bonds is 3. The van der Waals surface area contributed by atoms with Crippen LogP contribution >= 0.6 is 11.3 Å². The number of hydrogen-bond donors (Lipinski definition) is 2. The molecule has 0 saturated heterocycles. The number of fused-ring (bicyclic) bond motifs is 2. The van der Waals surface area contributed by atoms with Crippen LogP contribution in [0.15, 0.2) is 36.1 Å². The maximum atomic E-state index is 13.5. The normalized spacial score (nSPS) is 17.9. The van der Waals surface area contributed by atoms with Crippen molar-refractivity contribution >= 4 is 22.4 Å². The van der Waals surface area contributed by atoms with Crippen molar-refractivity contribution in [3.05, 3.63) is 64.1 Å². The highest BCUT2D eigenvalue weighted by atomic mass is 32.1. The number of nitrogens with zero attached hydrogens (tertiary/aromatic N) is 4. The van der Waals surface area contributed by atoms with Crippen molar-refractivity contribution < 1.29 is 4.39 Å². The van der Waals surface area contributed by atoms with E-state index in [9.17, 15) is 4.39 Å². The molecule has 2 N–H and O–H groups in total. The maximum Gasteiger partial charge on any atom is 0.130 e. The van der Waals surface area contributed by atoms with E-state index in [-0.39, 0.29) is 11.9 Å². The van der Waals surface area contributed by atoms with Gasteiger partial charge in [0, 0.05) is 30.2 Å². The average molecular weight is 354 g/mol. The van der Waals surface area contributed by atoms with Crippen molar-refractivity contribution in [2.45, 2.75) is 19.0 Å². The predicted octanol–water partition coefficient (Wildman–Crippen LogP) is 3.03. The van der Waals surface area contributed by atoms with Gasteiger partial charge in [-0.3, -0.25) is 4.90 Å². The van der Waals surface area contributed by atoms with E-state index in [0.717, 1.165) is 47.2 Å². The molecule has 3 aromatic heterocycles. The van der Waals surface area contributed by atoms with Crippen LogP contribution in [0.5, 0.6) is 0 Å². The first-order chi connectivity index (χ1) is 12.3. The lowest BCUT2D eigenvalue weighted by Gasteiger charge is -2.33.